The van der Waals surface area contributed by atoms with Gasteiger partial charge in [-0.1, -0.05) is 485 Å². The molecule has 12 aromatic rings. The average molecular weight is 1730 g/mol. The Morgan fingerprint density at radius 1 is 0.243 bits per heavy atom. The second-order valence-corrected chi connectivity index (χ2v) is 26.8. The van der Waals surface area contributed by atoms with Gasteiger partial charge in [0.05, 0.1) is 8.07 Å². The molecule has 0 saturated heterocycles. The maximum Gasteiger partial charge on any atom is 0.123 e. The molecule has 0 unspecified atom stereocenters. The van der Waals surface area contributed by atoms with Crippen molar-refractivity contribution in [1.82, 2.24) is 0 Å². The molecule has 0 heterocycles. The largest absolute Gasteiger partial charge is 0.207 e. The van der Waals surface area contributed by atoms with Gasteiger partial charge in [0, 0.05) is 65.4 Å². The monoisotopic (exact) mass is 1730 g/mol. The predicted molar refractivity (Wildman–Crippen MR) is 529 cm³/mol. The van der Waals surface area contributed by atoms with Gasteiger partial charge in [-0.05, 0) is 62.1 Å². The number of aryl methyl sites for hydroxylation is 2. The van der Waals surface area contributed by atoms with Crippen LogP contribution < -0.4 is 5.19 Å². The molecule has 0 N–H and O–H groups in total. The molecule has 0 aliphatic heterocycles. The topological polar surface area (TPSA) is 0 Å². The van der Waals surface area contributed by atoms with E-state index in [0.717, 1.165) is 11.1 Å². The summed E-state index contributed by atoms with van der Waals surface area (Å²) in [7, 11) is -1.16. The summed E-state index contributed by atoms with van der Waals surface area (Å²) in [6, 6.07) is 120. The summed E-state index contributed by atoms with van der Waals surface area (Å²) < 4.78 is 12.6. The fraction of sp³-hybridized carbons (Fsp3) is 0.351. The molecule has 4 heteroatoms. The molecule has 632 valence electrons. The summed E-state index contributed by atoms with van der Waals surface area (Å²) >= 11 is 0. The van der Waals surface area contributed by atoms with Crippen LogP contribution in [0.4, 0.5) is 4.39 Å². The molecule has 115 heavy (non-hydrogen) atoms. The normalized spacial score (nSPS) is 8.17. The molecule has 0 aliphatic rings. The third-order valence-electron chi connectivity index (χ3n) is 13.1. The summed E-state index contributed by atoms with van der Waals surface area (Å²) in [4.78, 5) is 0. The Kier molecular flexibility index (Phi) is 123. The van der Waals surface area contributed by atoms with E-state index in [1.165, 1.54) is 78.5 Å². The quantitative estimate of drug-likeness (QED) is 0.115. The molecule has 12 rings (SSSR count). The number of hydrogen-bond acceptors (Lipinski definition) is 0. The van der Waals surface area contributed by atoms with Gasteiger partial charge in [-0.3, -0.25) is 0 Å². The van der Waals surface area contributed by atoms with E-state index in [2.05, 4.69) is 242 Å². The molecule has 0 saturated carbocycles. The molecule has 0 amide bonds. The van der Waals surface area contributed by atoms with Gasteiger partial charge in [0.1, 0.15) is 5.82 Å². The summed E-state index contributed by atoms with van der Waals surface area (Å²) in [5.41, 5.74) is 16.5. The van der Waals surface area contributed by atoms with Crippen molar-refractivity contribution in [2.75, 3.05) is 0 Å². The summed E-state index contributed by atoms with van der Waals surface area (Å²) in [6.07, 6.45) is 0. The molecule has 0 bridgehead atoms. The Hall–Kier alpha value is -7.01. The van der Waals surface area contributed by atoms with Crippen LogP contribution in [0.1, 0.15) is 245 Å². The van der Waals surface area contributed by atoms with Crippen LogP contribution in [0.25, 0.3) is 55.6 Å². The summed E-state index contributed by atoms with van der Waals surface area (Å²) in [5, 5.41) is 1.52. The molecule has 0 aromatic heterocycles. The Labute approximate surface area is 767 Å². The Bertz CT molecular complexity index is 3410. The molecule has 0 nitrogen and oxygen atoms in total. The maximum atomic E-state index is 12.6. The third kappa shape index (κ3) is 72.0. The first-order chi connectivity index (χ1) is 55.2. The first-order valence-electron chi connectivity index (χ1n) is 43.2. The molecule has 0 atom stereocenters. The second-order valence-electron chi connectivity index (χ2n) is 21.7. The molecule has 0 aliphatic carbocycles. The van der Waals surface area contributed by atoms with Gasteiger partial charge in [-0.25, -0.2) is 4.39 Å². The van der Waals surface area contributed by atoms with Crippen molar-refractivity contribution >= 4 is 13.3 Å². The minimum absolute atomic E-state index is 0. The Morgan fingerprint density at radius 2 is 0.496 bits per heavy atom. The second kappa shape index (κ2) is 105. The van der Waals surface area contributed by atoms with Crippen molar-refractivity contribution in [3.63, 3.8) is 0 Å². The van der Waals surface area contributed by atoms with Gasteiger partial charge < -0.3 is 0 Å². The zero-order valence-corrected chi connectivity index (χ0v) is 87.3. The molecule has 12 aromatic carbocycles. The van der Waals surface area contributed by atoms with E-state index in [4.69, 9.17) is 0 Å². The van der Waals surface area contributed by atoms with Gasteiger partial charge in [0.15, 0.2) is 0 Å². The van der Waals surface area contributed by atoms with Crippen LogP contribution in [0.5, 0.6) is 0 Å². The van der Waals surface area contributed by atoms with E-state index in [0.29, 0.717) is 0 Å². The van der Waals surface area contributed by atoms with Crippen molar-refractivity contribution in [1.29, 1.82) is 0 Å². The minimum Gasteiger partial charge on any atom is -0.207 e. The van der Waals surface area contributed by atoms with E-state index >= 15 is 0 Å². The third-order valence-corrected chi connectivity index (χ3v) is 15.1. The number of hydrogen-bond donors (Lipinski definition) is 0. The van der Waals surface area contributed by atoms with Crippen LogP contribution in [-0.2, 0) is 70.8 Å². The zero-order valence-electron chi connectivity index (χ0n) is 80.6. The van der Waals surface area contributed by atoms with Gasteiger partial charge in [-0.15, -0.1) is 11.1 Å². The Morgan fingerprint density at radius 3 is 0.739 bits per heavy atom. The van der Waals surface area contributed by atoms with Crippen molar-refractivity contribution in [3.05, 3.63) is 368 Å². The average Bonchev–Trinajstić information content (AvgIpc) is 0.782. The number of rotatable bonds is 6. The van der Waals surface area contributed by atoms with Gasteiger partial charge in [-0.2, -0.15) is 132 Å². The smallest absolute Gasteiger partial charge is 0.123 e. The van der Waals surface area contributed by atoms with E-state index in [1.54, 1.807) is 12.1 Å². The van der Waals surface area contributed by atoms with Gasteiger partial charge in [0.25, 0.3) is 0 Å². The van der Waals surface area contributed by atoms with E-state index < -0.39 is 8.07 Å². The molecule has 2 radical (unpaired) electrons. The molecular weight excluding hydrogens is 1560 g/mol. The van der Waals surface area contributed by atoms with Gasteiger partial charge in [0.2, 0.25) is 0 Å². The predicted octanol–water partition coefficient (Wildman–Crippen LogP) is 37.3. The van der Waals surface area contributed by atoms with E-state index in [1.807, 2.05) is 341 Å². The summed E-state index contributed by atoms with van der Waals surface area (Å²) in [6.45, 7) is 78.1. The fourth-order valence-electron chi connectivity index (χ4n) is 8.39. The van der Waals surface area contributed by atoms with Crippen LogP contribution in [0, 0.1) is 43.9 Å². The fourth-order valence-corrected chi connectivity index (χ4v) is 9.55. The summed E-state index contributed by atoms with van der Waals surface area (Å²) in [5.74, 6) is -0.195. The zero-order chi connectivity index (χ0) is 89.0. The Balaban J connectivity index is -0.000000103. The molecule has 0 fully saturated rings. The first-order valence-corrected chi connectivity index (χ1v) is 46.7. The van der Waals surface area contributed by atoms with Crippen LogP contribution in [0.3, 0.4) is 0 Å². The van der Waals surface area contributed by atoms with Crippen LogP contribution in [-0.4, -0.2) is 8.07 Å². The maximum absolute atomic E-state index is 12.6. The van der Waals surface area contributed by atoms with Crippen LogP contribution in [0.15, 0.2) is 322 Å². The van der Waals surface area contributed by atoms with E-state index in [9.17, 15) is 4.39 Å². The van der Waals surface area contributed by atoms with Crippen LogP contribution >= 0.6 is 0 Å². The van der Waals surface area contributed by atoms with Crippen molar-refractivity contribution in [2.24, 2.45) is 0 Å². The number of halogens is 1. The molecular formula is C111H167FSiY2-4. The molecule has 0 spiro atoms. The van der Waals surface area contributed by atoms with Crippen molar-refractivity contribution < 1.29 is 69.8 Å². The van der Waals surface area contributed by atoms with Crippen molar-refractivity contribution in [3.8, 4) is 55.6 Å². The minimum atomic E-state index is -1.16. The van der Waals surface area contributed by atoms with Gasteiger partial charge >= 0.3 is 0 Å². The number of benzene rings is 12. The van der Waals surface area contributed by atoms with Crippen LogP contribution in [0.2, 0.25) is 19.6 Å². The first kappa shape index (κ1) is 134. The van der Waals surface area contributed by atoms with Crippen molar-refractivity contribution in [2.45, 2.75) is 267 Å². The standard InChI is InChI=1S/C16H18.C15H18Si.2C13H11.C12H9F.2C6H5.15C2H6.2Y/c2*1-16(2,3)15-11-9-14(10-12-15)13-7-5-4-6-8-13;1-11-7-5-6-10-13(11)12-8-3-2-4-9-12;1-11-6-5-9-13(10-11)12-7-3-2-4-8-12;13-12-8-6-11(7-9-12)10-4-2-1-3-5-10;2*1-2-4-6-5-3-1;15*1-2;;/h2*4-12H,1-3H3;2*2-4,6-10H,1H3;1-9H;2*1-5H;15*1-2H3;;/q;;2*-1;;2*-1;;;;;;;;;;;;;;;;;. The van der Waals surface area contributed by atoms with E-state index in [-0.39, 0.29) is 76.7 Å². The SMILES string of the molecule is CC.CC.CC.CC.CC.CC.CC.CC.CC.CC.CC.CC.CC.CC.CC.CC(C)(C)c1ccc(-c2ccccc2)cc1.C[Si](C)(C)c1ccc(-c2ccccc2)cc1.Cc1c[c-]cc(-c2ccccc2)c1.Cc1c[c-]ccc1-c1ccccc1.Fc1ccc(-c2ccccc2)cc1.[Y].[Y].[c-]1ccccc1.[c-]1ccccc1.